The summed E-state index contributed by atoms with van der Waals surface area (Å²) in [7, 11) is 1.77. The van der Waals surface area contributed by atoms with Gasteiger partial charge < -0.3 is 19.9 Å². The molecule has 4 heteroatoms. The van der Waals surface area contributed by atoms with Gasteiger partial charge in [-0.05, 0) is 12.8 Å². The highest BCUT2D eigenvalue weighted by Gasteiger charge is 2.43. The Morgan fingerprint density at radius 3 is 2.64 bits per heavy atom. The molecule has 1 unspecified atom stereocenters. The third-order valence-electron chi connectivity index (χ3n) is 3.20. The van der Waals surface area contributed by atoms with Crippen LogP contribution >= 0.6 is 0 Å². The first-order valence-corrected chi connectivity index (χ1v) is 5.32. The van der Waals surface area contributed by atoms with Crippen molar-refractivity contribution >= 4 is 0 Å². The summed E-state index contributed by atoms with van der Waals surface area (Å²) in [6.45, 7) is 1.20. The SMILES string of the molecule is COC1CCC2(CC1)OCC(CN)O2. The Labute approximate surface area is 84.7 Å². The first-order valence-electron chi connectivity index (χ1n) is 5.32. The standard InChI is InChI=1S/C10H19NO3/c1-12-8-2-4-10(5-3-8)13-7-9(6-11)14-10/h8-9H,2-7,11H2,1H3. The molecule has 0 amide bonds. The largest absolute Gasteiger partial charge is 0.381 e. The van der Waals surface area contributed by atoms with Crippen molar-refractivity contribution < 1.29 is 14.2 Å². The summed E-state index contributed by atoms with van der Waals surface area (Å²) < 4.78 is 16.9. The molecular weight excluding hydrogens is 182 g/mol. The molecule has 14 heavy (non-hydrogen) atoms. The minimum atomic E-state index is -0.334. The maximum atomic E-state index is 5.83. The summed E-state index contributed by atoms with van der Waals surface area (Å²) in [6.07, 6.45) is 4.38. The van der Waals surface area contributed by atoms with Gasteiger partial charge in [-0.15, -0.1) is 0 Å². The maximum absolute atomic E-state index is 5.83. The molecule has 0 aromatic rings. The van der Waals surface area contributed by atoms with Gasteiger partial charge in [0.1, 0.15) is 0 Å². The van der Waals surface area contributed by atoms with Crippen molar-refractivity contribution in [2.24, 2.45) is 5.73 Å². The molecule has 1 saturated carbocycles. The summed E-state index contributed by atoms with van der Waals surface area (Å²) in [5.41, 5.74) is 5.55. The van der Waals surface area contributed by atoms with E-state index in [4.69, 9.17) is 19.9 Å². The van der Waals surface area contributed by atoms with Crippen LogP contribution < -0.4 is 5.73 Å². The lowest BCUT2D eigenvalue weighted by Gasteiger charge is -2.35. The minimum absolute atomic E-state index is 0.0918. The number of methoxy groups -OCH3 is 1. The van der Waals surface area contributed by atoms with Gasteiger partial charge in [0.15, 0.2) is 5.79 Å². The van der Waals surface area contributed by atoms with E-state index in [1.54, 1.807) is 7.11 Å². The summed E-state index contributed by atoms with van der Waals surface area (Å²) in [5, 5.41) is 0. The Morgan fingerprint density at radius 2 is 2.14 bits per heavy atom. The second kappa shape index (κ2) is 4.14. The number of hydrogen-bond acceptors (Lipinski definition) is 4. The Hall–Kier alpha value is -0.160. The fourth-order valence-corrected chi connectivity index (χ4v) is 2.26. The summed E-state index contributed by atoms with van der Waals surface area (Å²) >= 11 is 0. The molecular formula is C10H19NO3. The second-order valence-corrected chi connectivity index (χ2v) is 4.13. The van der Waals surface area contributed by atoms with Gasteiger partial charge >= 0.3 is 0 Å². The van der Waals surface area contributed by atoms with Crippen LogP contribution in [0.2, 0.25) is 0 Å². The van der Waals surface area contributed by atoms with E-state index in [9.17, 15) is 0 Å². The van der Waals surface area contributed by atoms with Crippen LogP contribution in [0.1, 0.15) is 25.7 Å². The molecule has 2 N–H and O–H groups in total. The lowest BCUT2D eigenvalue weighted by molar-refractivity contribution is -0.198. The van der Waals surface area contributed by atoms with Crippen LogP contribution in [0.3, 0.4) is 0 Å². The fraction of sp³-hybridized carbons (Fsp3) is 1.00. The Balaban J connectivity index is 1.87. The van der Waals surface area contributed by atoms with E-state index in [2.05, 4.69) is 0 Å². The zero-order valence-corrected chi connectivity index (χ0v) is 8.70. The average Bonchev–Trinajstić information content (AvgIpc) is 2.63. The third kappa shape index (κ3) is 1.93. The summed E-state index contributed by atoms with van der Waals surface area (Å²) in [5.74, 6) is -0.334. The molecule has 1 aliphatic carbocycles. The minimum Gasteiger partial charge on any atom is -0.381 e. The fourth-order valence-electron chi connectivity index (χ4n) is 2.26. The number of ether oxygens (including phenoxy) is 3. The molecule has 0 bridgehead atoms. The predicted octanol–water partition coefficient (Wildman–Crippen LogP) is 0.646. The van der Waals surface area contributed by atoms with Crippen LogP contribution in [0, 0.1) is 0 Å². The first-order chi connectivity index (χ1) is 6.78. The topological polar surface area (TPSA) is 53.7 Å². The quantitative estimate of drug-likeness (QED) is 0.712. The molecule has 1 heterocycles. The van der Waals surface area contributed by atoms with Gasteiger partial charge in [0, 0.05) is 26.5 Å². The zero-order chi connectivity index (χ0) is 10.0. The highest BCUT2D eigenvalue weighted by Crippen LogP contribution is 2.38. The van der Waals surface area contributed by atoms with Crippen molar-refractivity contribution in [2.75, 3.05) is 20.3 Å². The van der Waals surface area contributed by atoms with E-state index in [0.29, 0.717) is 19.3 Å². The predicted molar refractivity (Wildman–Crippen MR) is 51.9 cm³/mol. The smallest absolute Gasteiger partial charge is 0.169 e. The molecule has 2 rings (SSSR count). The molecule has 4 nitrogen and oxygen atoms in total. The summed E-state index contributed by atoms with van der Waals surface area (Å²) in [4.78, 5) is 0. The van der Waals surface area contributed by atoms with Gasteiger partial charge in [0.2, 0.25) is 0 Å². The van der Waals surface area contributed by atoms with E-state index < -0.39 is 0 Å². The monoisotopic (exact) mass is 201 g/mol. The van der Waals surface area contributed by atoms with Crippen LogP contribution in [0.5, 0.6) is 0 Å². The van der Waals surface area contributed by atoms with Crippen molar-refractivity contribution in [2.45, 2.75) is 43.7 Å². The normalized spacial score (nSPS) is 43.3. The van der Waals surface area contributed by atoms with E-state index in [1.807, 2.05) is 0 Å². The van der Waals surface area contributed by atoms with Crippen LogP contribution in [0.25, 0.3) is 0 Å². The van der Waals surface area contributed by atoms with Crippen molar-refractivity contribution in [1.82, 2.24) is 0 Å². The van der Waals surface area contributed by atoms with Gasteiger partial charge in [0.05, 0.1) is 18.8 Å². The first kappa shape index (κ1) is 10.4. The lowest BCUT2D eigenvalue weighted by Crippen LogP contribution is -2.38. The molecule has 1 spiro atoms. The highest BCUT2D eigenvalue weighted by molar-refractivity contribution is 4.85. The van der Waals surface area contributed by atoms with E-state index in [0.717, 1.165) is 25.7 Å². The molecule has 0 aromatic heterocycles. The number of rotatable bonds is 2. The number of hydrogen-bond donors (Lipinski definition) is 1. The Bertz CT molecular complexity index is 190. The summed E-state index contributed by atoms with van der Waals surface area (Å²) in [6, 6.07) is 0. The second-order valence-electron chi connectivity index (χ2n) is 4.13. The van der Waals surface area contributed by atoms with Crippen LogP contribution in [-0.4, -0.2) is 38.3 Å². The molecule has 1 aliphatic heterocycles. The Morgan fingerprint density at radius 1 is 1.43 bits per heavy atom. The van der Waals surface area contributed by atoms with Crippen molar-refractivity contribution in [3.8, 4) is 0 Å². The van der Waals surface area contributed by atoms with Crippen molar-refractivity contribution in [3.63, 3.8) is 0 Å². The lowest BCUT2D eigenvalue weighted by atomic mass is 9.92. The third-order valence-corrected chi connectivity index (χ3v) is 3.20. The van der Waals surface area contributed by atoms with Crippen molar-refractivity contribution in [1.29, 1.82) is 0 Å². The molecule has 1 saturated heterocycles. The number of nitrogens with two attached hydrogens (primary N) is 1. The van der Waals surface area contributed by atoms with Crippen molar-refractivity contribution in [3.05, 3.63) is 0 Å². The Kier molecular flexibility index (Phi) is 3.07. The van der Waals surface area contributed by atoms with Gasteiger partial charge in [-0.25, -0.2) is 0 Å². The van der Waals surface area contributed by atoms with Gasteiger partial charge in [-0.2, -0.15) is 0 Å². The van der Waals surface area contributed by atoms with E-state index in [-0.39, 0.29) is 11.9 Å². The van der Waals surface area contributed by atoms with Gasteiger partial charge in [0.25, 0.3) is 0 Å². The zero-order valence-electron chi connectivity index (χ0n) is 8.70. The van der Waals surface area contributed by atoms with Gasteiger partial charge in [-0.3, -0.25) is 0 Å². The molecule has 0 aromatic carbocycles. The van der Waals surface area contributed by atoms with Crippen LogP contribution in [-0.2, 0) is 14.2 Å². The van der Waals surface area contributed by atoms with E-state index >= 15 is 0 Å². The molecule has 0 radical (unpaired) electrons. The average molecular weight is 201 g/mol. The van der Waals surface area contributed by atoms with E-state index in [1.165, 1.54) is 0 Å². The molecule has 1 atom stereocenters. The van der Waals surface area contributed by atoms with Gasteiger partial charge in [-0.1, -0.05) is 0 Å². The highest BCUT2D eigenvalue weighted by atomic mass is 16.7. The molecule has 2 aliphatic rings. The maximum Gasteiger partial charge on any atom is 0.169 e. The molecule has 82 valence electrons. The van der Waals surface area contributed by atoms with Crippen LogP contribution in [0.15, 0.2) is 0 Å². The van der Waals surface area contributed by atoms with Crippen LogP contribution in [0.4, 0.5) is 0 Å². The molecule has 2 fully saturated rings.